The molecule has 9 heteroatoms. The molecule has 1 saturated heterocycles. The molecule has 0 radical (unpaired) electrons. The molecule has 25 heavy (non-hydrogen) atoms. The van der Waals surface area contributed by atoms with E-state index < -0.39 is 0 Å². The van der Waals surface area contributed by atoms with Gasteiger partial charge >= 0.3 is 0 Å². The molecule has 0 unspecified atom stereocenters. The van der Waals surface area contributed by atoms with Gasteiger partial charge in [-0.15, -0.1) is 0 Å². The number of rotatable bonds is 3. The van der Waals surface area contributed by atoms with E-state index in [1.165, 1.54) is 6.20 Å². The fraction of sp³-hybridized carbons (Fsp3) is 0.250. The Morgan fingerprint density at radius 3 is 2.40 bits per heavy atom. The third-order valence-electron chi connectivity index (χ3n) is 4.07. The molecular weight excluding hydrogens is 318 g/mol. The van der Waals surface area contributed by atoms with Crippen LogP contribution < -0.4 is 9.80 Å². The van der Waals surface area contributed by atoms with E-state index in [0.717, 1.165) is 37.8 Å². The van der Waals surface area contributed by atoms with Crippen LogP contribution in [0.1, 0.15) is 5.69 Å². The largest absolute Gasteiger partial charge is 0.353 e. The monoisotopic (exact) mass is 333 g/mol. The molecule has 0 atom stereocenters. The summed E-state index contributed by atoms with van der Waals surface area (Å²) >= 11 is 0. The predicted octanol–water partition coefficient (Wildman–Crippen LogP) is 0.651. The SMILES string of the molecule is N#Cc1nccnc1N1CCN(c2cc(-n3cccn3)ncn2)CC1. The van der Waals surface area contributed by atoms with Crippen LogP contribution in [0.2, 0.25) is 0 Å². The lowest BCUT2D eigenvalue weighted by Crippen LogP contribution is -2.47. The average molecular weight is 333 g/mol. The van der Waals surface area contributed by atoms with E-state index in [1.807, 2.05) is 18.3 Å². The molecule has 0 amide bonds. The van der Waals surface area contributed by atoms with Crippen molar-refractivity contribution >= 4 is 11.6 Å². The van der Waals surface area contributed by atoms with E-state index in [1.54, 1.807) is 23.4 Å². The lowest BCUT2D eigenvalue weighted by atomic mass is 10.3. The highest BCUT2D eigenvalue weighted by atomic mass is 15.3. The first-order valence-electron chi connectivity index (χ1n) is 7.88. The number of aromatic nitrogens is 6. The number of hydrogen-bond acceptors (Lipinski definition) is 8. The summed E-state index contributed by atoms with van der Waals surface area (Å²) in [6.07, 6.45) is 8.27. The standard InChI is InChI=1S/C16H15N9/c17-11-13-16(19-4-3-18-13)24-8-6-23(7-9-24)14-10-15(21-12-20-14)25-5-1-2-22-25/h1-5,10,12H,6-9H2. The third kappa shape index (κ3) is 2.97. The van der Waals surface area contributed by atoms with Crippen LogP contribution >= 0.6 is 0 Å². The first-order chi connectivity index (χ1) is 12.3. The highest BCUT2D eigenvalue weighted by Gasteiger charge is 2.22. The lowest BCUT2D eigenvalue weighted by molar-refractivity contribution is 0.638. The minimum atomic E-state index is 0.360. The van der Waals surface area contributed by atoms with Crippen LogP contribution in [0, 0.1) is 11.3 Å². The molecule has 4 heterocycles. The Bertz CT molecular complexity index is 892. The maximum atomic E-state index is 9.19. The second-order valence-electron chi connectivity index (χ2n) is 5.50. The van der Waals surface area contributed by atoms with Crippen molar-refractivity contribution in [2.24, 2.45) is 0 Å². The van der Waals surface area contributed by atoms with Crippen LogP contribution in [-0.4, -0.2) is 55.9 Å². The summed E-state index contributed by atoms with van der Waals surface area (Å²) in [4.78, 5) is 21.3. The van der Waals surface area contributed by atoms with Crippen LogP contribution in [-0.2, 0) is 0 Å². The van der Waals surface area contributed by atoms with Crippen LogP contribution in [0.3, 0.4) is 0 Å². The van der Waals surface area contributed by atoms with E-state index in [0.29, 0.717) is 11.5 Å². The van der Waals surface area contributed by atoms with Crippen molar-refractivity contribution in [1.29, 1.82) is 5.26 Å². The molecule has 1 aliphatic rings. The van der Waals surface area contributed by atoms with Gasteiger partial charge in [0.2, 0.25) is 0 Å². The summed E-state index contributed by atoms with van der Waals surface area (Å²) in [5, 5.41) is 13.4. The summed E-state index contributed by atoms with van der Waals surface area (Å²) in [7, 11) is 0. The number of nitriles is 1. The van der Waals surface area contributed by atoms with Crippen molar-refractivity contribution in [3.63, 3.8) is 0 Å². The van der Waals surface area contributed by atoms with Gasteiger partial charge in [-0.1, -0.05) is 0 Å². The normalized spacial score (nSPS) is 14.4. The van der Waals surface area contributed by atoms with Gasteiger partial charge in [-0.2, -0.15) is 10.4 Å². The minimum Gasteiger partial charge on any atom is -0.353 e. The number of hydrogen-bond donors (Lipinski definition) is 0. The Kier molecular flexibility index (Phi) is 3.92. The Labute approximate surface area is 144 Å². The molecule has 0 saturated carbocycles. The van der Waals surface area contributed by atoms with Crippen molar-refractivity contribution in [3.8, 4) is 11.9 Å². The van der Waals surface area contributed by atoms with Gasteiger partial charge in [0.05, 0.1) is 0 Å². The molecule has 3 aromatic heterocycles. The Morgan fingerprint density at radius 2 is 1.64 bits per heavy atom. The quantitative estimate of drug-likeness (QED) is 0.689. The van der Waals surface area contributed by atoms with E-state index in [9.17, 15) is 5.26 Å². The maximum Gasteiger partial charge on any atom is 0.183 e. The number of piperazine rings is 1. The fourth-order valence-corrected chi connectivity index (χ4v) is 2.83. The van der Waals surface area contributed by atoms with Gasteiger partial charge in [0.1, 0.15) is 18.2 Å². The Morgan fingerprint density at radius 1 is 0.880 bits per heavy atom. The second-order valence-corrected chi connectivity index (χ2v) is 5.50. The molecule has 0 aliphatic carbocycles. The van der Waals surface area contributed by atoms with Gasteiger partial charge in [-0.05, 0) is 6.07 Å². The zero-order valence-corrected chi connectivity index (χ0v) is 13.4. The summed E-state index contributed by atoms with van der Waals surface area (Å²) in [6, 6.07) is 5.88. The van der Waals surface area contributed by atoms with Gasteiger partial charge in [-0.25, -0.2) is 24.6 Å². The predicted molar refractivity (Wildman–Crippen MR) is 90.3 cm³/mol. The molecule has 9 nitrogen and oxygen atoms in total. The van der Waals surface area contributed by atoms with Crippen LogP contribution in [0.25, 0.3) is 5.82 Å². The molecule has 0 spiro atoms. The second kappa shape index (κ2) is 6.52. The molecule has 1 fully saturated rings. The number of nitrogens with zero attached hydrogens (tertiary/aromatic N) is 9. The molecule has 3 aromatic rings. The van der Waals surface area contributed by atoms with Crippen molar-refractivity contribution in [2.75, 3.05) is 36.0 Å². The van der Waals surface area contributed by atoms with Gasteiger partial charge in [0, 0.05) is 57.0 Å². The average Bonchev–Trinajstić information content (AvgIpc) is 3.23. The van der Waals surface area contributed by atoms with Crippen molar-refractivity contribution in [1.82, 2.24) is 29.7 Å². The van der Waals surface area contributed by atoms with Crippen molar-refractivity contribution < 1.29 is 0 Å². The van der Waals surface area contributed by atoms with Crippen LogP contribution in [0.5, 0.6) is 0 Å². The Hall–Kier alpha value is -3.54. The summed E-state index contributed by atoms with van der Waals surface area (Å²) in [5.74, 6) is 2.24. The van der Waals surface area contributed by atoms with E-state index >= 15 is 0 Å². The smallest absolute Gasteiger partial charge is 0.183 e. The third-order valence-corrected chi connectivity index (χ3v) is 4.07. The van der Waals surface area contributed by atoms with Crippen molar-refractivity contribution in [3.05, 3.63) is 48.9 Å². The number of anilines is 2. The van der Waals surface area contributed by atoms with Crippen molar-refractivity contribution in [2.45, 2.75) is 0 Å². The van der Waals surface area contributed by atoms with E-state index in [4.69, 9.17) is 0 Å². The van der Waals surface area contributed by atoms with Gasteiger partial charge in [0.25, 0.3) is 0 Å². The Balaban J connectivity index is 1.49. The molecular formula is C16H15N9. The first kappa shape index (κ1) is 15.0. The summed E-state index contributed by atoms with van der Waals surface area (Å²) < 4.78 is 1.71. The van der Waals surface area contributed by atoms with Gasteiger partial charge in [0.15, 0.2) is 17.3 Å². The topological polar surface area (TPSA) is 99.7 Å². The summed E-state index contributed by atoms with van der Waals surface area (Å²) in [6.45, 7) is 3.04. The van der Waals surface area contributed by atoms with Gasteiger partial charge in [-0.3, -0.25) is 0 Å². The van der Waals surface area contributed by atoms with Gasteiger partial charge < -0.3 is 9.80 Å². The molecule has 0 aromatic carbocycles. The fourth-order valence-electron chi connectivity index (χ4n) is 2.83. The lowest BCUT2D eigenvalue weighted by Gasteiger charge is -2.36. The van der Waals surface area contributed by atoms with Crippen LogP contribution in [0.15, 0.2) is 43.2 Å². The molecule has 0 bridgehead atoms. The molecule has 1 aliphatic heterocycles. The highest BCUT2D eigenvalue weighted by molar-refractivity contribution is 5.52. The minimum absolute atomic E-state index is 0.360. The van der Waals surface area contributed by atoms with E-state index in [2.05, 4.69) is 40.9 Å². The molecule has 0 N–H and O–H groups in total. The zero-order valence-electron chi connectivity index (χ0n) is 13.4. The molecule has 4 rings (SSSR count). The van der Waals surface area contributed by atoms with Crippen LogP contribution in [0.4, 0.5) is 11.6 Å². The molecule has 124 valence electrons. The highest BCUT2D eigenvalue weighted by Crippen LogP contribution is 2.20. The summed E-state index contributed by atoms with van der Waals surface area (Å²) in [5.41, 5.74) is 0.360. The van der Waals surface area contributed by atoms with E-state index in [-0.39, 0.29) is 0 Å². The zero-order chi connectivity index (χ0) is 17.1. The first-order valence-corrected chi connectivity index (χ1v) is 7.88. The maximum absolute atomic E-state index is 9.19.